The summed E-state index contributed by atoms with van der Waals surface area (Å²) in [5.41, 5.74) is 0. The Bertz CT molecular complexity index is 419. The van der Waals surface area contributed by atoms with E-state index in [1.165, 1.54) is 25.7 Å². The highest BCUT2D eigenvalue weighted by molar-refractivity contribution is 14.0. The van der Waals surface area contributed by atoms with Gasteiger partial charge in [-0.05, 0) is 37.8 Å². The van der Waals surface area contributed by atoms with Crippen LogP contribution in [-0.4, -0.2) is 32.2 Å². The highest BCUT2D eigenvalue weighted by Gasteiger charge is 2.15. The summed E-state index contributed by atoms with van der Waals surface area (Å²) in [6.07, 6.45) is 7.34. The van der Waals surface area contributed by atoms with Crippen LogP contribution in [0.3, 0.4) is 0 Å². The van der Waals surface area contributed by atoms with Crippen molar-refractivity contribution < 1.29 is 4.74 Å². The standard InChI is InChI=1S/C17H27N3O.HI/c1-18-17(20-15-9-5-6-10-15)19-13-7-8-14-21-16-11-3-2-4-12-16;/h2-4,11-12,15H,5-10,13-14H2,1H3,(H2,18,19,20);1H. The van der Waals surface area contributed by atoms with Crippen molar-refractivity contribution in [3.05, 3.63) is 30.3 Å². The number of benzene rings is 1. The number of halogens is 1. The van der Waals surface area contributed by atoms with E-state index in [1.807, 2.05) is 37.4 Å². The Hall–Kier alpha value is -0.980. The molecule has 0 saturated heterocycles. The number of hydrogen-bond acceptors (Lipinski definition) is 2. The van der Waals surface area contributed by atoms with Gasteiger partial charge in [0, 0.05) is 19.6 Å². The monoisotopic (exact) mass is 417 g/mol. The zero-order chi connectivity index (χ0) is 14.8. The van der Waals surface area contributed by atoms with Gasteiger partial charge in [0.1, 0.15) is 5.75 Å². The van der Waals surface area contributed by atoms with Crippen LogP contribution >= 0.6 is 24.0 Å². The number of ether oxygens (including phenoxy) is 1. The molecule has 0 amide bonds. The van der Waals surface area contributed by atoms with E-state index in [0.29, 0.717) is 6.04 Å². The molecule has 0 spiro atoms. The van der Waals surface area contributed by atoms with Crippen molar-refractivity contribution in [3.63, 3.8) is 0 Å². The average Bonchev–Trinajstić information content (AvgIpc) is 3.03. The number of unbranched alkanes of at least 4 members (excludes halogenated alkanes) is 1. The number of aliphatic imine (C=N–C) groups is 1. The van der Waals surface area contributed by atoms with Gasteiger partial charge in [-0.1, -0.05) is 31.0 Å². The van der Waals surface area contributed by atoms with E-state index >= 15 is 0 Å². The summed E-state index contributed by atoms with van der Waals surface area (Å²) in [5, 5.41) is 6.87. The normalized spacial score (nSPS) is 15.2. The second-order valence-electron chi connectivity index (χ2n) is 5.49. The van der Waals surface area contributed by atoms with Gasteiger partial charge in [-0.3, -0.25) is 4.99 Å². The van der Waals surface area contributed by atoms with Crippen LogP contribution in [0.25, 0.3) is 0 Å². The molecule has 0 atom stereocenters. The van der Waals surface area contributed by atoms with E-state index in [9.17, 15) is 0 Å². The fourth-order valence-corrected chi connectivity index (χ4v) is 2.60. The molecule has 2 rings (SSSR count). The third-order valence-electron chi connectivity index (χ3n) is 3.80. The second-order valence-corrected chi connectivity index (χ2v) is 5.49. The molecule has 2 N–H and O–H groups in total. The van der Waals surface area contributed by atoms with Crippen molar-refractivity contribution in [2.45, 2.75) is 44.6 Å². The molecular formula is C17H28IN3O. The molecule has 1 saturated carbocycles. The highest BCUT2D eigenvalue weighted by Crippen LogP contribution is 2.17. The molecule has 22 heavy (non-hydrogen) atoms. The van der Waals surface area contributed by atoms with Gasteiger partial charge in [0.2, 0.25) is 0 Å². The van der Waals surface area contributed by atoms with Crippen molar-refractivity contribution >= 4 is 29.9 Å². The minimum atomic E-state index is 0. The quantitative estimate of drug-likeness (QED) is 0.309. The molecule has 0 aliphatic heterocycles. The van der Waals surface area contributed by atoms with E-state index in [0.717, 1.165) is 37.7 Å². The molecule has 1 aromatic rings. The zero-order valence-corrected chi connectivity index (χ0v) is 15.7. The van der Waals surface area contributed by atoms with E-state index in [4.69, 9.17) is 4.74 Å². The highest BCUT2D eigenvalue weighted by atomic mass is 127. The van der Waals surface area contributed by atoms with Crippen LogP contribution in [0.5, 0.6) is 5.75 Å². The Balaban J connectivity index is 0.00000242. The Morgan fingerprint density at radius 1 is 1.18 bits per heavy atom. The molecule has 1 fully saturated rings. The molecular weight excluding hydrogens is 389 g/mol. The first-order valence-electron chi connectivity index (χ1n) is 8.03. The first-order chi connectivity index (χ1) is 10.4. The maximum atomic E-state index is 5.67. The van der Waals surface area contributed by atoms with Gasteiger partial charge >= 0.3 is 0 Å². The smallest absolute Gasteiger partial charge is 0.191 e. The third-order valence-corrected chi connectivity index (χ3v) is 3.80. The summed E-state index contributed by atoms with van der Waals surface area (Å²) in [4.78, 5) is 4.28. The van der Waals surface area contributed by atoms with Crippen LogP contribution in [-0.2, 0) is 0 Å². The van der Waals surface area contributed by atoms with E-state index < -0.39 is 0 Å². The summed E-state index contributed by atoms with van der Waals surface area (Å²) in [7, 11) is 1.84. The van der Waals surface area contributed by atoms with Crippen molar-refractivity contribution in [3.8, 4) is 5.75 Å². The molecule has 5 heteroatoms. The predicted molar refractivity (Wildman–Crippen MR) is 103 cm³/mol. The van der Waals surface area contributed by atoms with Crippen LogP contribution in [0.15, 0.2) is 35.3 Å². The first-order valence-corrected chi connectivity index (χ1v) is 8.03. The number of rotatable bonds is 7. The van der Waals surface area contributed by atoms with Crippen LogP contribution in [0.1, 0.15) is 38.5 Å². The molecule has 124 valence electrons. The minimum absolute atomic E-state index is 0. The predicted octanol–water partition coefficient (Wildman–Crippen LogP) is 3.57. The summed E-state index contributed by atoms with van der Waals surface area (Å²) in [5.74, 6) is 1.88. The molecule has 0 aromatic heterocycles. The van der Waals surface area contributed by atoms with Gasteiger partial charge in [-0.2, -0.15) is 0 Å². The molecule has 4 nitrogen and oxygen atoms in total. The van der Waals surface area contributed by atoms with Crippen molar-refractivity contribution in [2.24, 2.45) is 4.99 Å². The SMILES string of the molecule is CN=C(NCCCCOc1ccccc1)NC1CCCC1.I. The molecule has 0 bridgehead atoms. The Kier molecular flexibility index (Phi) is 10.0. The lowest BCUT2D eigenvalue weighted by molar-refractivity contribution is 0.307. The molecule has 0 unspecified atom stereocenters. The summed E-state index contributed by atoms with van der Waals surface area (Å²) < 4.78 is 5.67. The van der Waals surface area contributed by atoms with Gasteiger partial charge in [0.25, 0.3) is 0 Å². The van der Waals surface area contributed by atoms with Gasteiger partial charge < -0.3 is 15.4 Å². The van der Waals surface area contributed by atoms with E-state index in [-0.39, 0.29) is 24.0 Å². The number of guanidine groups is 1. The van der Waals surface area contributed by atoms with Gasteiger partial charge in [0.15, 0.2) is 5.96 Å². The van der Waals surface area contributed by atoms with Gasteiger partial charge in [-0.15, -0.1) is 24.0 Å². The third kappa shape index (κ3) is 7.33. The van der Waals surface area contributed by atoms with Crippen LogP contribution < -0.4 is 15.4 Å². The van der Waals surface area contributed by atoms with Crippen LogP contribution in [0.2, 0.25) is 0 Å². The van der Waals surface area contributed by atoms with Gasteiger partial charge in [0.05, 0.1) is 6.61 Å². The van der Waals surface area contributed by atoms with E-state index in [2.05, 4.69) is 15.6 Å². The van der Waals surface area contributed by atoms with Crippen LogP contribution in [0, 0.1) is 0 Å². The Labute approximate surface area is 151 Å². The topological polar surface area (TPSA) is 45.7 Å². The van der Waals surface area contributed by atoms with Crippen LogP contribution in [0.4, 0.5) is 0 Å². The fraction of sp³-hybridized carbons (Fsp3) is 0.588. The van der Waals surface area contributed by atoms with Gasteiger partial charge in [-0.25, -0.2) is 0 Å². The summed E-state index contributed by atoms with van der Waals surface area (Å²) in [6.45, 7) is 1.70. The lowest BCUT2D eigenvalue weighted by Crippen LogP contribution is -2.42. The molecule has 1 aliphatic carbocycles. The van der Waals surface area contributed by atoms with E-state index in [1.54, 1.807) is 0 Å². The van der Waals surface area contributed by atoms with Crippen molar-refractivity contribution in [1.29, 1.82) is 0 Å². The number of nitrogens with zero attached hydrogens (tertiary/aromatic N) is 1. The minimum Gasteiger partial charge on any atom is -0.494 e. The number of nitrogens with one attached hydrogen (secondary N) is 2. The molecule has 0 radical (unpaired) electrons. The second kappa shape index (κ2) is 11.6. The van der Waals surface area contributed by atoms with Crippen molar-refractivity contribution in [2.75, 3.05) is 20.2 Å². The lowest BCUT2D eigenvalue weighted by atomic mass is 10.2. The Morgan fingerprint density at radius 3 is 2.59 bits per heavy atom. The average molecular weight is 417 g/mol. The zero-order valence-electron chi connectivity index (χ0n) is 13.4. The molecule has 0 heterocycles. The molecule has 1 aliphatic rings. The maximum absolute atomic E-state index is 5.67. The van der Waals surface area contributed by atoms with Crippen molar-refractivity contribution in [1.82, 2.24) is 10.6 Å². The maximum Gasteiger partial charge on any atom is 0.191 e. The summed E-state index contributed by atoms with van der Waals surface area (Å²) >= 11 is 0. The lowest BCUT2D eigenvalue weighted by Gasteiger charge is -2.16. The first kappa shape index (κ1) is 19.1. The largest absolute Gasteiger partial charge is 0.494 e. The number of hydrogen-bond donors (Lipinski definition) is 2. The molecule has 1 aromatic carbocycles. The Morgan fingerprint density at radius 2 is 1.91 bits per heavy atom. The number of para-hydroxylation sites is 1. The fourth-order valence-electron chi connectivity index (χ4n) is 2.60. The summed E-state index contributed by atoms with van der Waals surface area (Å²) in [6, 6.07) is 10.6.